The molecule has 0 aromatic heterocycles. The fourth-order valence-corrected chi connectivity index (χ4v) is 4.33. The molecule has 3 aromatic carbocycles. The van der Waals surface area contributed by atoms with Crippen molar-refractivity contribution < 1.29 is 18.1 Å². The third kappa shape index (κ3) is 6.15. The summed E-state index contributed by atoms with van der Waals surface area (Å²) in [6.45, 7) is 1.34. The zero-order valence-electron chi connectivity index (χ0n) is 17.4. The van der Waals surface area contributed by atoms with E-state index in [4.69, 9.17) is 11.6 Å². The lowest BCUT2D eigenvalue weighted by atomic mass is 10.2. The van der Waals surface area contributed by atoms with Crippen molar-refractivity contribution in [3.8, 4) is 0 Å². The molecule has 1 N–H and O–H groups in total. The number of nitrogens with zero attached hydrogens (tertiary/aromatic N) is 3. The quantitative estimate of drug-likeness (QED) is 0.294. The number of nitro groups is 1. The Morgan fingerprint density at radius 3 is 2.24 bits per heavy atom. The minimum absolute atomic E-state index is 0.0188. The number of nitrogens with one attached hydrogen (secondary N) is 1. The summed E-state index contributed by atoms with van der Waals surface area (Å²) in [7, 11) is -4.07. The minimum atomic E-state index is -4.07. The molecule has 0 bridgehead atoms. The second-order valence-corrected chi connectivity index (χ2v) is 9.24. The highest BCUT2D eigenvalue weighted by molar-refractivity contribution is 7.92. The van der Waals surface area contributed by atoms with Gasteiger partial charge in [0.15, 0.2) is 0 Å². The molecular formula is C22H19ClN4O5S. The average Bonchev–Trinajstić information content (AvgIpc) is 2.79. The van der Waals surface area contributed by atoms with E-state index in [1.807, 2.05) is 6.92 Å². The van der Waals surface area contributed by atoms with Gasteiger partial charge in [-0.1, -0.05) is 29.3 Å². The summed E-state index contributed by atoms with van der Waals surface area (Å²) in [6.07, 6.45) is 1.30. The average molecular weight is 487 g/mol. The van der Waals surface area contributed by atoms with E-state index in [0.717, 1.165) is 9.87 Å². The van der Waals surface area contributed by atoms with Crippen LogP contribution in [0.25, 0.3) is 0 Å². The first-order valence-corrected chi connectivity index (χ1v) is 11.4. The Morgan fingerprint density at radius 2 is 1.67 bits per heavy atom. The van der Waals surface area contributed by atoms with Crippen molar-refractivity contribution in [1.29, 1.82) is 0 Å². The van der Waals surface area contributed by atoms with Crippen molar-refractivity contribution in [3.63, 3.8) is 0 Å². The highest BCUT2D eigenvalue weighted by Crippen LogP contribution is 2.25. The van der Waals surface area contributed by atoms with Gasteiger partial charge in [0.2, 0.25) is 0 Å². The van der Waals surface area contributed by atoms with Crippen LogP contribution in [0.2, 0.25) is 5.02 Å². The number of hydrazone groups is 1. The fraction of sp³-hybridized carbons (Fsp3) is 0.0909. The van der Waals surface area contributed by atoms with Crippen LogP contribution in [0.15, 0.2) is 82.8 Å². The van der Waals surface area contributed by atoms with E-state index in [-0.39, 0.29) is 10.6 Å². The third-order valence-corrected chi connectivity index (χ3v) is 6.56. The van der Waals surface area contributed by atoms with Gasteiger partial charge < -0.3 is 0 Å². The Morgan fingerprint density at radius 1 is 1.06 bits per heavy atom. The molecule has 0 aliphatic carbocycles. The standard InChI is InChI=1S/C22H19ClN4O5S/c1-16-2-8-19(9-3-16)26(33(31,32)21-12-6-18(23)7-13-21)15-22(28)25-24-14-17-4-10-20(11-5-17)27(29)30/h2-14H,15H2,1H3,(H,25,28)/b24-14-. The molecule has 0 aliphatic rings. The SMILES string of the molecule is Cc1ccc(N(CC(=O)N/N=C\c2ccc([N+](=O)[O-])cc2)S(=O)(=O)c2ccc(Cl)cc2)cc1. The smallest absolute Gasteiger partial charge is 0.269 e. The molecule has 11 heteroatoms. The fourth-order valence-electron chi connectivity index (χ4n) is 2.79. The number of hydrogen-bond donors (Lipinski definition) is 1. The van der Waals surface area contributed by atoms with E-state index >= 15 is 0 Å². The number of amides is 1. The summed E-state index contributed by atoms with van der Waals surface area (Å²) in [6, 6.07) is 17.9. The second kappa shape index (κ2) is 10.2. The van der Waals surface area contributed by atoms with Crippen LogP contribution in [0, 0.1) is 17.0 Å². The molecule has 1 amide bonds. The van der Waals surface area contributed by atoms with Crippen LogP contribution in [0.3, 0.4) is 0 Å². The number of carbonyl (C=O) groups is 1. The molecule has 3 aromatic rings. The lowest BCUT2D eigenvalue weighted by Crippen LogP contribution is -2.39. The summed E-state index contributed by atoms with van der Waals surface area (Å²) in [4.78, 5) is 22.7. The second-order valence-electron chi connectivity index (χ2n) is 6.94. The van der Waals surface area contributed by atoms with Crippen molar-refractivity contribution in [3.05, 3.63) is 99.1 Å². The van der Waals surface area contributed by atoms with Crippen molar-refractivity contribution in [2.45, 2.75) is 11.8 Å². The highest BCUT2D eigenvalue weighted by atomic mass is 35.5. The number of sulfonamides is 1. The van der Waals surface area contributed by atoms with Gasteiger partial charge in [0, 0.05) is 17.2 Å². The van der Waals surface area contributed by atoms with Crippen LogP contribution in [-0.4, -0.2) is 32.0 Å². The van der Waals surface area contributed by atoms with Crippen molar-refractivity contribution in [2.24, 2.45) is 5.10 Å². The molecule has 0 radical (unpaired) electrons. The van der Waals surface area contributed by atoms with Crippen molar-refractivity contribution in [1.82, 2.24) is 5.43 Å². The molecule has 33 heavy (non-hydrogen) atoms. The van der Waals surface area contributed by atoms with Gasteiger partial charge in [-0.15, -0.1) is 0 Å². The summed E-state index contributed by atoms with van der Waals surface area (Å²) >= 11 is 5.87. The third-order valence-electron chi connectivity index (χ3n) is 4.52. The first kappa shape index (κ1) is 23.9. The molecule has 3 rings (SSSR count). The van der Waals surface area contributed by atoms with Crippen LogP contribution in [0.4, 0.5) is 11.4 Å². The van der Waals surface area contributed by atoms with Crippen LogP contribution >= 0.6 is 11.6 Å². The van der Waals surface area contributed by atoms with E-state index in [1.165, 1.54) is 54.7 Å². The topological polar surface area (TPSA) is 122 Å². The summed E-state index contributed by atoms with van der Waals surface area (Å²) < 4.78 is 27.5. The molecular weight excluding hydrogens is 468 g/mol. The van der Waals surface area contributed by atoms with Gasteiger partial charge in [0.1, 0.15) is 6.54 Å². The lowest BCUT2D eigenvalue weighted by Gasteiger charge is -2.23. The molecule has 0 aliphatic heterocycles. The predicted molar refractivity (Wildman–Crippen MR) is 126 cm³/mol. The van der Waals surface area contributed by atoms with E-state index in [9.17, 15) is 23.3 Å². The maximum atomic E-state index is 13.3. The Hall–Kier alpha value is -3.76. The Balaban J connectivity index is 1.79. The summed E-state index contributed by atoms with van der Waals surface area (Å²) in [5, 5.41) is 14.9. The predicted octanol–water partition coefficient (Wildman–Crippen LogP) is 3.90. The number of anilines is 1. The Labute approximate surface area is 195 Å². The molecule has 0 heterocycles. The number of nitro benzene ring substituents is 1. The maximum absolute atomic E-state index is 13.3. The van der Waals surface area contributed by atoms with Crippen molar-refractivity contribution >= 4 is 45.1 Å². The molecule has 0 atom stereocenters. The van der Waals surface area contributed by atoms with Gasteiger partial charge in [-0.25, -0.2) is 13.8 Å². The van der Waals surface area contributed by atoms with Gasteiger partial charge in [0.25, 0.3) is 21.6 Å². The van der Waals surface area contributed by atoms with Gasteiger partial charge in [-0.2, -0.15) is 5.10 Å². The number of halogens is 1. The van der Waals surface area contributed by atoms with E-state index in [0.29, 0.717) is 16.3 Å². The van der Waals surface area contributed by atoms with Crippen molar-refractivity contribution in [2.75, 3.05) is 10.8 Å². The molecule has 0 spiro atoms. The first-order chi connectivity index (χ1) is 15.7. The number of aryl methyl sites for hydroxylation is 1. The van der Waals surface area contributed by atoms with Gasteiger partial charge in [0.05, 0.1) is 21.7 Å². The minimum Gasteiger partial charge on any atom is -0.271 e. The first-order valence-electron chi connectivity index (χ1n) is 9.58. The number of hydrogen-bond acceptors (Lipinski definition) is 6. The van der Waals surface area contributed by atoms with E-state index in [2.05, 4.69) is 10.5 Å². The zero-order valence-corrected chi connectivity index (χ0v) is 19.0. The largest absolute Gasteiger partial charge is 0.271 e. The molecule has 0 unspecified atom stereocenters. The summed E-state index contributed by atoms with van der Waals surface area (Å²) in [5.74, 6) is -0.675. The molecule has 0 fully saturated rings. The van der Waals surface area contributed by atoms with Gasteiger partial charge in [-0.05, 0) is 61.0 Å². The highest BCUT2D eigenvalue weighted by Gasteiger charge is 2.27. The molecule has 0 saturated carbocycles. The molecule has 0 saturated heterocycles. The van der Waals surface area contributed by atoms with Gasteiger partial charge in [-0.3, -0.25) is 19.2 Å². The number of carbonyl (C=O) groups excluding carboxylic acids is 1. The normalized spacial score (nSPS) is 11.3. The van der Waals surface area contributed by atoms with Crippen LogP contribution in [0.1, 0.15) is 11.1 Å². The van der Waals surface area contributed by atoms with Crippen LogP contribution in [-0.2, 0) is 14.8 Å². The zero-order chi connectivity index (χ0) is 24.0. The Kier molecular flexibility index (Phi) is 7.41. The lowest BCUT2D eigenvalue weighted by molar-refractivity contribution is -0.384. The number of non-ortho nitro benzene ring substituents is 1. The summed E-state index contributed by atoms with van der Waals surface area (Å²) in [5.41, 5.74) is 3.97. The molecule has 170 valence electrons. The molecule has 9 nitrogen and oxygen atoms in total. The van der Waals surface area contributed by atoms with Gasteiger partial charge >= 0.3 is 0 Å². The monoisotopic (exact) mass is 486 g/mol. The number of rotatable bonds is 8. The Bertz CT molecular complexity index is 1280. The van der Waals surface area contributed by atoms with E-state index < -0.39 is 27.4 Å². The maximum Gasteiger partial charge on any atom is 0.269 e. The van der Waals surface area contributed by atoms with Crippen LogP contribution in [0.5, 0.6) is 0 Å². The number of benzene rings is 3. The van der Waals surface area contributed by atoms with Crippen LogP contribution < -0.4 is 9.73 Å². The van der Waals surface area contributed by atoms with E-state index in [1.54, 1.807) is 24.3 Å².